The van der Waals surface area contributed by atoms with Crippen LogP contribution in [-0.2, 0) is 4.79 Å². The van der Waals surface area contributed by atoms with Gasteiger partial charge in [0.15, 0.2) is 0 Å². The summed E-state index contributed by atoms with van der Waals surface area (Å²) in [6.45, 7) is 6.31. The van der Waals surface area contributed by atoms with Crippen LogP contribution in [0.2, 0.25) is 0 Å². The lowest BCUT2D eigenvalue weighted by molar-refractivity contribution is -0.134. The molecule has 0 radical (unpaired) electrons. The van der Waals surface area contributed by atoms with Crippen LogP contribution in [0.5, 0.6) is 0 Å². The lowest BCUT2D eigenvalue weighted by atomic mass is 10.2. The van der Waals surface area contributed by atoms with E-state index >= 15 is 0 Å². The quantitative estimate of drug-likeness (QED) is 0.688. The van der Waals surface area contributed by atoms with Crippen LogP contribution < -0.4 is 5.32 Å². The van der Waals surface area contributed by atoms with E-state index in [1.165, 1.54) is 0 Å². The van der Waals surface area contributed by atoms with Gasteiger partial charge in [-0.25, -0.2) is 0 Å². The van der Waals surface area contributed by atoms with E-state index in [-0.39, 0.29) is 5.91 Å². The van der Waals surface area contributed by atoms with Gasteiger partial charge < -0.3 is 10.2 Å². The fourth-order valence-corrected chi connectivity index (χ4v) is 2.18. The molecule has 0 aromatic carbocycles. The van der Waals surface area contributed by atoms with Gasteiger partial charge >= 0.3 is 0 Å². The monoisotopic (exact) mass is 228 g/mol. The molecule has 0 saturated carbocycles. The molecule has 1 fully saturated rings. The Morgan fingerprint density at radius 2 is 2.12 bits per heavy atom. The first-order chi connectivity index (χ1) is 7.54. The zero-order valence-electron chi connectivity index (χ0n) is 10.9. The van der Waals surface area contributed by atoms with Crippen molar-refractivity contribution in [2.45, 2.75) is 13.0 Å². The van der Waals surface area contributed by atoms with Crippen molar-refractivity contribution in [3.8, 4) is 0 Å². The summed E-state index contributed by atoms with van der Waals surface area (Å²) in [4.78, 5) is 18.3. The highest BCUT2D eigenvalue weighted by Crippen LogP contribution is 2.09. The third-order valence-corrected chi connectivity index (χ3v) is 2.84. The Morgan fingerprint density at radius 1 is 1.44 bits per heavy atom. The molecule has 1 aliphatic rings. The number of nitrogens with zero attached hydrogens (tertiary/aromatic N) is 3. The molecule has 1 heterocycles. The lowest BCUT2D eigenvalue weighted by Gasteiger charge is -2.40. The van der Waals surface area contributed by atoms with Crippen LogP contribution in [0, 0.1) is 0 Å². The van der Waals surface area contributed by atoms with E-state index in [0.717, 1.165) is 26.3 Å². The van der Waals surface area contributed by atoms with Gasteiger partial charge in [-0.3, -0.25) is 14.6 Å². The number of nitrogens with one attached hydrogen (secondary N) is 1. The van der Waals surface area contributed by atoms with Crippen molar-refractivity contribution in [1.29, 1.82) is 0 Å². The van der Waals surface area contributed by atoms with Crippen molar-refractivity contribution in [3.63, 3.8) is 0 Å². The topological polar surface area (TPSA) is 38.8 Å². The third kappa shape index (κ3) is 3.73. The van der Waals surface area contributed by atoms with Gasteiger partial charge in [-0.05, 0) is 28.1 Å². The lowest BCUT2D eigenvalue weighted by Crippen LogP contribution is -2.56. The number of amides is 1. The van der Waals surface area contributed by atoms with E-state index in [2.05, 4.69) is 36.1 Å². The Kier molecular flexibility index (Phi) is 5.18. The molecule has 94 valence electrons. The maximum Gasteiger partial charge on any atom is 0.236 e. The number of piperazine rings is 1. The first-order valence-corrected chi connectivity index (χ1v) is 5.85. The molecule has 1 rings (SSSR count). The highest BCUT2D eigenvalue weighted by Gasteiger charge is 2.26. The van der Waals surface area contributed by atoms with Crippen LogP contribution in [-0.4, -0.2) is 80.6 Å². The van der Waals surface area contributed by atoms with Crippen LogP contribution in [0.1, 0.15) is 6.92 Å². The molecular weight excluding hydrogens is 204 g/mol. The molecule has 1 unspecified atom stereocenters. The van der Waals surface area contributed by atoms with E-state index in [0.29, 0.717) is 12.6 Å². The van der Waals surface area contributed by atoms with E-state index < -0.39 is 0 Å². The average molecular weight is 228 g/mol. The summed E-state index contributed by atoms with van der Waals surface area (Å²) in [5, 5.41) is 2.92. The molecule has 0 spiro atoms. The van der Waals surface area contributed by atoms with Crippen LogP contribution in [0.25, 0.3) is 0 Å². The second kappa shape index (κ2) is 6.18. The molecule has 1 atom stereocenters. The zero-order chi connectivity index (χ0) is 12.1. The van der Waals surface area contributed by atoms with Gasteiger partial charge in [0, 0.05) is 25.7 Å². The SMILES string of the molecule is CNCC(=O)N1CCN(CN(C)C)CC1C. The van der Waals surface area contributed by atoms with Crippen LogP contribution in [0.4, 0.5) is 0 Å². The normalized spacial score (nSPS) is 22.8. The summed E-state index contributed by atoms with van der Waals surface area (Å²) in [5.74, 6) is 0.208. The Hall–Kier alpha value is -0.650. The minimum absolute atomic E-state index is 0.208. The second-order valence-electron chi connectivity index (χ2n) is 4.76. The van der Waals surface area contributed by atoms with Gasteiger partial charge in [-0.1, -0.05) is 0 Å². The summed E-state index contributed by atoms with van der Waals surface area (Å²) in [5.41, 5.74) is 0. The van der Waals surface area contributed by atoms with Gasteiger partial charge in [-0.15, -0.1) is 0 Å². The zero-order valence-corrected chi connectivity index (χ0v) is 10.9. The van der Waals surface area contributed by atoms with Crippen molar-refractivity contribution in [2.24, 2.45) is 0 Å². The number of rotatable bonds is 4. The van der Waals surface area contributed by atoms with Crippen molar-refractivity contribution >= 4 is 5.91 Å². The molecule has 1 aliphatic heterocycles. The molecule has 1 amide bonds. The summed E-state index contributed by atoms with van der Waals surface area (Å²) in [6, 6.07) is 0.314. The molecule has 0 aromatic heterocycles. The van der Waals surface area contributed by atoms with Gasteiger partial charge in [0.2, 0.25) is 5.91 Å². The Bertz CT molecular complexity index is 232. The number of hydrogen-bond donors (Lipinski definition) is 1. The summed E-state index contributed by atoms with van der Waals surface area (Å²) < 4.78 is 0. The van der Waals surface area contributed by atoms with E-state index in [9.17, 15) is 4.79 Å². The Balaban J connectivity index is 2.42. The maximum atomic E-state index is 11.8. The molecule has 16 heavy (non-hydrogen) atoms. The van der Waals surface area contributed by atoms with Crippen LogP contribution >= 0.6 is 0 Å². The number of likely N-dealkylation sites (N-methyl/N-ethyl adjacent to an activating group) is 1. The first-order valence-electron chi connectivity index (χ1n) is 5.85. The third-order valence-electron chi connectivity index (χ3n) is 2.84. The van der Waals surface area contributed by atoms with Crippen LogP contribution in [0.15, 0.2) is 0 Å². The highest BCUT2D eigenvalue weighted by molar-refractivity contribution is 5.78. The molecule has 1 saturated heterocycles. The van der Waals surface area contributed by atoms with Gasteiger partial charge in [0.05, 0.1) is 13.2 Å². The Morgan fingerprint density at radius 3 is 2.62 bits per heavy atom. The molecular formula is C11H24N4O. The molecule has 0 bridgehead atoms. The van der Waals surface area contributed by atoms with Gasteiger partial charge in [0.1, 0.15) is 0 Å². The number of hydrogen-bond acceptors (Lipinski definition) is 4. The number of carbonyl (C=O) groups is 1. The van der Waals surface area contributed by atoms with Gasteiger partial charge in [-0.2, -0.15) is 0 Å². The maximum absolute atomic E-state index is 11.8. The molecule has 0 aliphatic carbocycles. The van der Waals surface area contributed by atoms with Crippen molar-refractivity contribution < 1.29 is 4.79 Å². The second-order valence-corrected chi connectivity index (χ2v) is 4.76. The predicted octanol–water partition coefficient (Wildman–Crippen LogP) is -0.742. The molecule has 1 N–H and O–H groups in total. The smallest absolute Gasteiger partial charge is 0.236 e. The van der Waals surface area contributed by atoms with Gasteiger partial charge in [0.25, 0.3) is 0 Å². The van der Waals surface area contributed by atoms with E-state index in [4.69, 9.17) is 0 Å². The molecule has 0 aromatic rings. The predicted molar refractivity (Wildman–Crippen MR) is 65.2 cm³/mol. The van der Waals surface area contributed by atoms with Crippen LogP contribution in [0.3, 0.4) is 0 Å². The highest BCUT2D eigenvalue weighted by atomic mass is 16.2. The summed E-state index contributed by atoms with van der Waals surface area (Å²) in [7, 11) is 5.96. The number of carbonyl (C=O) groups excluding carboxylic acids is 1. The van der Waals surface area contributed by atoms with Crippen molar-refractivity contribution in [3.05, 3.63) is 0 Å². The van der Waals surface area contributed by atoms with Crippen molar-refractivity contribution in [1.82, 2.24) is 20.0 Å². The fraction of sp³-hybridized carbons (Fsp3) is 0.909. The summed E-state index contributed by atoms with van der Waals surface area (Å²) in [6.07, 6.45) is 0. The molecule has 5 nitrogen and oxygen atoms in total. The standard InChI is InChI=1S/C11H24N4O/c1-10-8-14(9-13(3)4)5-6-15(10)11(16)7-12-2/h10,12H,5-9H2,1-4H3. The van der Waals surface area contributed by atoms with E-state index in [1.54, 1.807) is 0 Å². The largest absolute Gasteiger partial charge is 0.336 e. The minimum atomic E-state index is 0.208. The minimum Gasteiger partial charge on any atom is -0.336 e. The average Bonchev–Trinajstić information content (AvgIpc) is 2.16. The Labute approximate surface area is 98.4 Å². The van der Waals surface area contributed by atoms with Crippen molar-refractivity contribution in [2.75, 3.05) is 54.0 Å². The fourth-order valence-electron chi connectivity index (χ4n) is 2.18. The summed E-state index contributed by atoms with van der Waals surface area (Å²) >= 11 is 0. The van der Waals surface area contributed by atoms with E-state index in [1.807, 2.05) is 11.9 Å². The first kappa shape index (κ1) is 13.4. The molecule has 5 heteroatoms.